The van der Waals surface area contributed by atoms with Crippen LogP contribution in [0.25, 0.3) is 0 Å². The van der Waals surface area contributed by atoms with E-state index < -0.39 is 0 Å². The Bertz CT molecular complexity index is 450. The monoisotopic (exact) mass is 360 g/mol. The van der Waals surface area contributed by atoms with Crippen molar-refractivity contribution in [2.45, 2.75) is 13.2 Å². The van der Waals surface area contributed by atoms with E-state index in [0.717, 1.165) is 8.95 Å². The second kappa shape index (κ2) is 5.96. The van der Waals surface area contributed by atoms with Crippen molar-refractivity contribution in [2.75, 3.05) is 0 Å². The first-order valence-corrected chi connectivity index (χ1v) is 7.26. The number of hydrogen-bond acceptors (Lipinski definition) is 2. The van der Waals surface area contributed by atoms with E-state index in [1.54, 1.807) is 11.3 Å². The van der Waals surface area contributed by atoms with Crippen molar-refractivity contribution >= 4 is 43.2 Å². The lowest BCUT2D eigenvalue weighted by molar-refractivity contribution is 0.109. The van der Waals surface area contributed by atoms with Crippen LogP contribution in [-0.2, 0) is 18.0 Å². The zero-order valence-electron chi connectivity index (χ0n) is 8.45. The van der Waals surface area contributed by atoms with E-state index in [4.69, 9.17) is 4.74 Å². The number of ether oxygens (including phenoxy) is 1. The van der Waals surface area contributed by atoms with Gasteiger partial charge in [-0.2, -0.15) is 0 Å². The normalized spacial score (nSPS) is 10.6. The van der Waals surface area contributed by atoms with Gasteiger partial charge in [0.05, 0.1) is 13.2 Å². The lowest BCUT2D eigenvalue weighted by Crippen LogP contribution is -1.91. The molecule has 1 aromatic carbocycles. The molecular weight excluding hydrogens is 352 g/mol. The lowest BCUT2D eigenvalue weighted by Gasteiger charge is -2.02. The molecule has 84 valence electrons. The molecule has 0 atom stereocenters. The van der Waals surface area contributed by atoms with Crippen molar-refractivity contribution in [1.29, 1.82) is 0 Å². The first-order chi connectivity index (χ1) is 7.74. The van der Waals surface area contributed by atoms with Crippen LogP contribution < -0.4 is 0 Å². The van der Waals surface area contributed by atoms with Gasteiger partial charge in [0.1, 0.15) is 0 Å². The van der Waals surface area contributed by atoms with E-state index in [0.29, 0.717) is 13.2 Å². The van der Waals surface area contributed by atoms with Gasteiger partial charge in [-0.05, 0) is 39.7 Å². The molecule has 0 aliphatic rings. The van der Waals surface area contributed by atoms with E-state index >= 15 is 0 Å². The topological polar surface area (TPSA) is 9.23 Å². The maximum absolute atomic E-state index is 5.63. The highest BCUT2D eigenvalue weighted by molar-refractivity contribution is 9.10. The summed E-state index contributed by atoms with van der Waals surface area (Å²) in [5, 5.41) is 2.07. The number of rotatable bonds is 4. The molecular formula is C12H10Br2OS. The van der Waals surface area contributed by atoms with E-state index in [1.807, 2.05) is 12.1 Å². The van der Waals surface area contributed by atoms with Crippen LogP contribution in [0.3, 0.4) is 0 Å². The third-order valence-electron chi connectivity index (χ3n) is 2.05. The molecule has 2 aromatic rings. The van der Waals surface area contributed by atoms with Crippen LogP contribution in [-0.4, -0.2) is 0 Å². The third kappa shape index (κ3) is 3.70. The number of thiophene rings is 1. The Balaban J connectivity index is 1.82. The van der Waals surface area contributed by atoms with Crippen LogP contribution in [0.15, 0.2) is 44.7 Å². The van der Waals surface area contributed by atoms with Crippen LogP contribution in [0.2, 0.25) is 0 Å². The summed E-state index contributed by atoms with van der Waals surface area (Å²) in [6.07, 6.45) is 0. The molecule has 0 unspecified atom stereocenters. The number of halogens is 2. The van der Waals surface area contributed by atoms with Gasteiger partial charge in [0.25, 0.3) is 0 Å². The smallest absolute Gasteiger partial charge is 0.0814 e. The molecule has 4 heteroatoms. The van der Waals surface area contributed by atoms with Gasteiger partial charge in [-0.3, -0.25) is 0 Å². The Morgan fingerprint density at radius 2 is 1.75 bits per heavy atom. The summed E-state index contributed by atoms with van der Waals surface area (Å²) in [6, 6.07) is 10.3. The fraction of sp³-hybridized carbons (Fsp3) is 0.167. The van der Waals surface area contributed by atoms with E-state index in [-0.39, 0.29) is 0 Å². The molecule has 0 saturated heterocycles. The highest BCUT2D eigenvalue weighted by atomic mass is 79.9. The van der Waals surface area contributed by atoms with E-state index in [9.17, 15) is 0 Å². The van der Waals surface area contributed by atoms with Crippen molar-refractivity contribution in [3.05, 3.63) is 55.1 Å². The Kier molecular flexibility index (Phi) is 4.58. The van der Waals surface area contributed by atoms with Crippen molar-refractivity contribution < 1.29 is 4.74 Å². The largest absolute Gasteiger partial charge is 0.371 e. The summed E-state index contributed by atoms with van der Waals surface area (Å²) in [5.74, 6) is 0. The summed E-state index contributed by atoms with van der Waals surface area (Å²) >= 11 is 8.54. The maximum atomic E-state index is 5.63. The zero-order valence-corrected chi connectivity index (χ0v) is 12.4. The van der Waals surface area contributed by atoms with Gasteiger partial charge >= 0.3 is 0 Å². The second-order valence-electron chi connectivity index (χ2n) is 3.35. The molecule has 0 aliphatic heterocycles. The first kappa shape index (κ1) is 12.3. The standard InChI is InChI=1S/C12H10Br2OS/c13-10-3-1-9(2-4-10)6-15-7-12-5-11(14)8-16-12/h1-5,8H,6-7H2. The molecule has 0 saturated carbocycles. The Labute approximate surface area is 116 Å². The summed E-state index contributed by atoms with van der Waals surface area (Å²) in [4.78, 5) is 1.24. The van der Waals surface area contributed by atoms with Gasteiger partial charge in [0, 0.05) is 19.2 Å². The molecule has 2 rings (SSSR count). The molecule has 1 aromatic heterocycles. The molecule has 0 amide bonds. The van der Waals surface area contributed by atoms with E-state index in [2.05, 4.69) is 55.4 Å². The SMILES string of the molecule is Brc1ccc(COCc2cc(Br)cs2)cc1. The molecule has 0 aliphatic carbocycles. The predicted molar refractivity (Wildman–Crippen MR) is 74.7 cm³/mol. The fourth-order valence-electron chi connectivity index (χ4n) is 1.28. The number of benzene rings is 1. The average Bonchev–Trinajstić information content (AvgIpc) is 2.67. The number of hydrogen-bond donors (Lipinski definition) is 0. The molecule has 0 radical (unpaired) electrons. The molecule has 16 heavy (non-hydrogen) atoms. The van der Waals surface area contributed by atoms with Gasteiger partial charge in [-0.25, -0.2) is 0 Å². The van der Waals surface area contributed by atoms with Crippen LogP contribution in [0.1, 0.15) is 10.4 Å². The zero-order chi connectivity index (χ0) is 11.4. The van der Waals surface area contributed by atoms with Gasteiger partial charge in [0.15, 0.2) is 0 Å². The lowest BCUT2D eigenvalue weighted by atomic mass is 10.2. The Morgan fingerprint density at radius 3 is 2.38 bits per heavy atom. The fourth-order valence-corrected chi connectivity index (χ4v) is 2.93. The van der Waals surface area contributed by atoms with Crippen molar-refractivity contribution in [3.8, 4) is 0 Å². The third-order valence-corrected chi connectivity index (χ3v) is 4.25. The minimum atomic E-state index is 0.656. The Hall–Kier alpha value is -0.160. The molecule has 0 spiro atoms. The summed E-state index contributed by atoms with van der Waals surface area (Å²) in [6.45, 7) is 1.33. The van der Waals surface area contributed by atoms with Crippen LogP contribution in [0.5, 0.6) is 0 Å². The quantitative estimate of drug-likeness (QED) is 0.745. The molecule has 1 heterocycles. The highest BCUT2D eigenvalue weighted by Crippen LogP contribution is 2.20. The van der Waals surface area contributed by atoms with Crippen molar-refractivity contribution in [2.24, 2.45) is 0 Å². The summed E-state index contributed by atoms with van der Waals surface area (Å²) < 4.78 is 7.85. The van der Waals surface area contributed by atoms with Gasteiger partial charge in [-0.1, -0.05) is 28.1 Å². The second-order valence-corrected chi connectivity index (χ2v) is 6.18. The summed E-state index contributed by atoms with van der Waals surface area (Å²) in [5.41, 5.74) is 1.19. The predicted octanol–water partition coefficient (Wildman–Crippen LogP) is 4.99. The van der Waals surface area contributed by atoms with Crippen molar-refractivity contribution in [3.63, 3.8) is 0 Å². The molecule has 1 nitrogen and oxygen atoms in total. The van der Waals surface area contributed by atoms with Gasteiger partial charge in [0.2, 0.25) is 0 Å². The average molecular weight is 362 g/mol. The van der Waals surface area contributed by atoms with Gasteiger partial charge in [-0.15, -0.1) is 11.3 Å². The minimum absolute atomic E-state index is 0.656. The molecule has 0 bridgehead atoms. The van der Waals surface area contributed by atoms with Crippen molar-refractivity contribution in [1.82, 2.24) is 0 Å². The first-order valence-electron chi connectivity index (χ1n) is 4.79. The Morgan fingerprint density at radius 1 is 1.00 bits per heavy atom. The molecule has 0 N–H and O–H groups in total. The molecule has 0 fully saturated rings. The minimum Gasteiger partial charge on any atom is -0.371 e. The van der Waals surface area contributed by atoms with Crippen LogP contribution in [0.4, 0.5) is 0 Å². The maximum Gasteiger partial charge on any atom is 0.0814 e. The highest BCUT2D eigenvalue weighted by Gasteiger charge is 1.98. The van der Waals surface area contributed by atoms with Gasteiger partial charge < -0.3 is 4.74 Å². The van der Waals surface area contributed by atoms with Crippen LogP contribution in [0, 0.1) is 0 Å². The van der Waals surface area contributed by atoms with E-state index in [1.165, 1.54) is 10.4 Å². The summed E-state index contributed by atoms with van der Waals surface area (Å²) in [7, 11) is 0. The van der Waals surface area contributed by atoms with Crippen LogP contribution >= 0.6 is 43.2 Å².